The third-order valence-corrected chi connectivity index (χ3v) is 5.48. The number of nitrogens with zero attached hydrogens (tertiary/aromatic N) is 1. The van der Waals surface area contributed by atoms with E-state index in [1.807, 2.05) is 6.92 Å². The van der Waals surface area contributed by atoms with Gasteiger partial charge in [0.05, 0.1) is 17.1 Å². The van der Waals surface area contributed by atoms with Crippen LogP contribution in [0.5, 0.6) is 0 Å². The van der Waals surface area contributed by atoms with Crippen molar-refractivity contribution in [2.75, 3.05) is 18.1 Å². The highest BCUT2D eigenvalue weighted by atomic mass is 32.2. The lowest BCUT2D eigenvalue weighted by molar-refractivity contribution is 0.0696. The van der Waals surface area contributed by atoms with Crippen LogP contribution in [-0.4, -0.2) is 54.4 Å². The Bertz CT molecular complexity index is 683. The summed E-state index contributed by atoms with van der Waals surface area (Å²) in [7, 11) is -3.08. The molecule has 1 aromatic carbocycles. The van der Waals surface area contributed by atoms with Gasteiger partial charge in [-0.1, -0.05) is 13.0 Å². The Morgan fingerprint density at radius 3 is 2.55 bits per heavy atom. The van der Waals surface area contributed by atoms with E-state index in [2.05, 4.69) is 0 Å². The largest absolute Gasteiger partial charge is 0.478 e. The average molecular weight is 325 g/mol. The molecule has 2 rings (SSSR count). The van der Waals surface area contributed by atoms with Crippen molar-refractivity contribution in [3.63, 3.8) is 0 Å². The van der Waals surface area contributed by atoms with Gasteiger partial charge in [-0.2, -0.15) is 0 Å². The van der Waals surface area contributed by atoms with Crippen LogP contribution in [0.3, 0.4) is 0 Å². The Labute approximate surface area is 129 Å². The van der Waals surface area contributed by atoms with Crippen LogP contribution in [-0.2, 0) is 9.84 Å². The molecule has 1 N–H and O–H groups in total. The summed E-state index contributed by atoms with van der Waals surface area (Å²) in [6.07, 6.45) is 1.15. The van der Waals surface area contributed by atoms with E-state index in [0.29, 0.717) is 19.4 Å². The number of sulfone groups is 1. The number of aromatic carboxylic acids is 1. The summed E-state index contributed by atoms with van der Waals surface area (Å²) in [6, 6.07) is 5.50. The van der Waals surface area contributed by atoms with E-state index in [4.69, 9.17) is 5.11 Å². The van der Waals surface area contributed by atoms with Crippen LogP contribution in [0.25, 0.3) is 0 Å². The Morgan fingerprint density at radius 1 is 1.32 bits per heavy atom. The first-order chi connectivity index (χ1) is 10.3. The van der Waals surface area contributed by atoms with Crippen molar-refractivity contribution < 1.29 is 23.1 Å². The smallest absolute Gasteiger partial charge is 0.335 e. The minimum atomic E-state index is -3.08. The molecule has 1 saturated heterocycles. The number of hydrogen-bond donors (Lipinski definition) is 1. The van der Waals surface area contributed by atoms with E-state index in [1.54, 1.807) is 11.0 Å². The third-order valence-electron chi connectivity index (χ3n) is 3.73. The maximum atomic E-state index is 12.6. The van der Waals surface area contributed by atoms with Gasteiger partial charge in [-0.3, -0.25) is 4.79 Å². The highest BCUT2D eigenvalue weighted by molar-refractivity contribution is 7.91. The monoisotopic (exact) mass is 325 g/mol. The summed E-state index contributed by atoms with van der Waals surface area (Å²) in [6.45, 7) is 2.37. The van der Waals surface area contributed by atoms with Crippen LogP contribution in [0.1, 0.15) is 40.5 Å². The molecule has 6 nitrogen and oxygen atoms in total. The molecule has 0 bridgehead atoms. The number of carboxylic acids is 1. The molecule has 0 aliphatic carbocycles. The zero-order valence-corrected chi connectivity index (χ0v) is 13.2. The van der Waals surface area contributed by atoms with Crippen molar-refractivity contribution in [2.24, 2.45) is 0 Å². The molecule has 0 saturated carbocycles. The summed E-state index contributed by atoms with van der Waals surface area (Å²) in [5.41, 5.74) is 0.319. The fourth-order valence-electron chi connectivity index (χ4n) is 2.66. The zero-order valence-electron chi connectivity index (χ0n) is 12.4. The minimum absolute atomic E-state index is 0.0165. The number of benzene rings is 1. The minimum Gasteiger partial charge on any atom is -0.478 e. The number of carbonyl (C=O) groups excluding carboxylic acids is 1. The molecule has 0 spiro atoms. The molecule has 1 aromatic rings. The average Bonchev–Trinajstić information content (AvgIpc) is 2.84. The van der Waals surface area contributed by atoms with Crippen LogP contribution in [0, 0.1) is 0 Å². The van der Waals surface area contributed by atoms with Gasteiger partial charge in [-0.05, 0) is 31.0 Å². The highest BCUT2D eigenvalue weighted by Gasteiger charge is 2.34. The van der Waals surface area contributed by atoms with E-state index >= 15 is 0 Å². The van der Waals surface area contributed by atoms with Crippen molar-refractivity contribution in [1.29, 1.82) is 0 Å². The fraction of sp³-hybridized carbons (Fsp3) is 0.467. The second-order valence-corrected chi connectivity index (χ2v) is 7.67. The topological polar surface area (TPSA) is 91.8 Å². The van der Waals surface area contributed by atoms with Gasteiger partial charge in [-0.25, -0.2) is 13.2 Å². The molecule has 1 aliphatic rings. The first kappa shape index (κ1) is 16.5. The van der Waals surface area contributed by atoms with Crippen LogP contribution in [0.2, 0.25) is 0 Å². The standard InChI is InChI=1S/C15H19NO5S/c1-2-7-16(13-6-8-22(20,21)10-13)14(17)11-4-3-5-12(9-11)15(18)19/h3-5,9,13H,2,6-8,10H2,1H3,(H,18,19)/t13-/m0/s1. The van der Waals surface area contributed by atoms with Gasteiger partial charge in [-0.15, -0.1) is 0 Å². The quantitative estimate of drug-likeness (QED) is 0.884. The van der Waals surface area contributed by atoms with Gasteiger partial charge in [0.2, 0.25) is 0 Å². The second-order valence-electron chi connectivity index (χ2n) is 5.44. The lowest BCUT2D eigenvalue weighted by Crippen LogP contribution is -2.41. The third kappa shape index (κ3) is 3.65. The molecule has 1 aliphatic heterocycles. The van der Waals surface area contributed by atoms with E-state index < -0.39 is 15.8 Å². The Hall–Kier alpha value is -1.89. The predicted octanol–water partition coefficient (Wildman–Crippen LogP) is 1.42. The van der Waals surface area contributed by atoms with Crippen molar-refractivity contribution in [1.82, 2.24) is 4.90 Å². The molecule has 1 heterocycles. The van der Waals surface area contributed by atoms with E-state index in [0.717, 1.165) is 0 Å². The SMILES string of the molecule is CCCN(C(=O)c1cccc(C(=O)O)c1)[C@H]1CCS(=O)(=O)C1. The van der Waals surface area contributed by atoms with Crippen molar-refractivity contribution in [3.05, 3.63) is 35.4 Å². The van der Waals surface area contributed by atoms with E-state index in [9.17, 15) is 18.0 Å². The Kier molecular flexibility index (Phi) is 4.85. The molecule has 22 heavy (non-hydrogen) atoms. The number of hydrogen-bond acceptors (Lipinski definition) is 4. The van der Waals surface area contributed by atoms with E-state index in [1.165, 1.54) is 18.2 Å². The maximum Gasteiger partial charge on any atom is 0.335 e. The molecular weight excluding hydrogens is 306 g/mol. The molecule has 7 heteroatoms. The second kappa shape index (κ2) is 6.48. The summed E-state index contributed by atoms with van der Waals surface area (Å²) >= 11 is 0. The van der Waals surface area contributed by atoms with Gasteiger partial charge in [0.1, 0.15) is 0 Å². The Morgan fingerprint density at radius 2 is 2.00 bits per heavy atom. The number of carbonyl (C=O) groups is 2. The van der Waals surface area contributed by atoms with E-state index in [-0.39, 0.29) is 34.6 Å². The number of carboxylic acid groups (broad SMARTS) is 1. The summed E-state index contributed by atoms with van der Waals surface area (Å²) in [4.78, 5) is 25.2. The summed E-state index contributed by atoms with van der Waals surface area (Å²) in [5.74, 6) is -1.33. The molecule has 120 valence electrons. The van der Waals surface area contributed by atoms with Crippen LogP contribution >= 0.6 is 0 Å². The van der Waals surface area contributed by atoms with Gasteiger partial charge >= 0.3 is 5.97 Å². The molecule has 1 amide bonds. The van der Waals surface area contributed by atoms with Gasteiger partial charge < -0.3 is 10.0 Å². The van der Waals surface area contributed by atoms with Gasteiger partial charge in [0.15, 0.2) is 9.84 Å². The molecule has 1 fully saturated rings. The van der Waals surface area contributed by atoms with Crippen LogP contribution < -0.4 is 0 Å². The normalized spacial score (nSPS) is 19.8. The molecule has 0 radical (unpaired) electrons. The lowest BCUT2D eigenvalue weighted by Gasteiger charge is -2.28. The highest BCUT2D eigenvalue weighted by Crippen LogP contribution is 2.21. The fourth-order valence-corrected chi connectivity index (χ4v) is 4.39. The van der Waals surface area contributed by atoms with Crippen molar-refractivity contribution in [2.45, 2.75) is 25.8 Å². The van der Waals surface area contributed by atoms with Crippen molar-refractivity contribution >= 4 is 21.7 Å². The molecular formula is C15H19NO5S. The van der Waals surface area contributed by atoms with Gasteiger partial charge in [0.25, 0.3) is 5.91 Å². The van der Waals surface area contributed by atoms with Crippen LogP contribution in [0.4, 0.5) is 0 Å². The first-order valence-corrected chi connectivity index (χ1v) is 9.01. The maximum absolute atomic E-state index is 12.6. The molecule has 1 atom stereocenters. The molecule has 0 aromatic heterocycles. The Balaban J connectivity index is 2.27. The lowest BCUT2D eigenvalue weighted by atomic mass is 10.1. The first-order valence-electron chi connectivity index (χ1n) is 7.19. The van der Waals surface area contributed by atoms with Crippen molar-refractivity contribution in [3.8, 4) is 0 Å². The summed E-state index contributed by atoms with van der Waals surface area (Å²) < 4.78 is 23.3. The number of amides is 1. The zero-order chi connectivity index (χ0) is 16.3. The summed E-state index contributed by atoms with van der Waals surface area (Å²) in [5, 5.41) is 9.01. The number of rotatable bonds is 5. The van der Waals surface area contributed by atoms with Crippen LogP contribution in [0.15, 0.2) is 24.3 Å². The predicted molar refractivity (Wildman–Crippen MR) is 81.8 cm³/mol. The van der Waals surface area contributed by atoms with Gasteiger partial charge in [0, 0.05) is 18.2 Å². The molecule has 0 unspecified atom stereocenters.